The maximum absolute atomic E-state index is 10.9. The first-order valence-electron chi connectivity index (χ1n) is 5.80. The summed E-state index contributed by atoms with van der Waals surface area (Å²) in [6, 6.07) is 0. The zero-order valence-electron chi connectivity index (χ0n) is 10.4. The van der Waals surface area contributed by atoms with Crippen LogP contribution in [0, 0.1) is 0 Å². The highest BCUT2D eigenvalue weighted by Gasteiger charge is 2.20. The molecule has 5 heteroatoms. The smallest absolute Gasteiger partial charge is 0.334 e. The second-order valence-corrected chi connectivity index (χ2v) is 3.37. The van der Waals surface area contributed by atoms with E-state index in [4.69, 9.17) is 14.6 Å². The number of carbonyl (C=O) groups is 1. The standard InChI is InChI=1S/C11H23NO4/c1-4-12(7-8-15-5-2)9-10(11(13)14)16-6-3/h10H,4-9H2,1-3H3,(H,13,14). The Balaban J connectivity index is 3.99. The van der Waals surface area contributed by atoms with Gasteiger partial charge in [0.2, 0.25) is 0 Å². The SMILES string of the molecule is CCOCCN(CC)CC(OCC)C(=O)O. The summed E-state index contributed by atoms with van der Waals surface area (Å²) in [5.74, 6) is -0.906. The first-order chi connectivity index (χ1) is 7.65. The van der Waals surface area contributed by atoms with Gasteiger partial charge in [-0.05, 0) is 20.4 Å². The van der Waals surface area contributed by atoms with Crippen molar-refractivity contribution in [3.63, 3.8) is 0 Å². The van der Waals surface area contributed by atoms with Gasteiger partial charge in [-0.1, -0.05) is 6.92 Å². The number of aliphatic carboxylic acids is 1. The lowest BCUT2D eigenvalue weighted by Gasteiger charge is -2.23. The van der Waals surface area contributed by atoms with Crippen LogP contribution in [0.5, 0.6) is 0 Å². The molecule has 0 aliphatic carbocycles. The Morgan fingerprint density at radius 3 is 2.44 bits per heavy atom. The van der Waals surface area contributed by atoms with E-state index < -0.39 is 12.1 Å². The van der Waals surface area contributed by atoms with Gasteiger partial charge < -0.3 is 14.6 Å². The molecule has 0 aliphatic heterocycles. The minimum absolute atomic E-state index is 0.409. The van der Waals surface area contributed by atoms with Crippen LogP contribution >= 0.6 is 0 Å². The van der Waals surface area contributed by atoms with Crippen LogP contribution in [0.4, 0.5) is 0 Å². The maximum atomic E-state index is 10.9. The van der Waals surface area contributed by atoms with E-state index in [0.717, 1.165) is 13.1 Å². The van der Waals surface area contributed by atoms with E-state index in [1.54, 1.807) is 6.92 Å². The number of ether oxygens (including phenoxy) is 2. The van der Waals surface area contributed by atoms with Crippen molar-refractivity contribution in [3.05, 3.63) is 0 Å². The normalized spacial score (nSPS) is 13.0. The van der Waals surface area contributed by atoms with Crippen LogP contribution in [0.15, 0.2) is 0 Å². The molecular formula is C11H23NO4. The van der Waals surface area contributed by atoms with E-state index in [-0.39, 0.29) is 0 Å². The number of carboxylic acid groups (broad SMARTS) is 1. The van der Waals surface area contributed by atoms with Crippen LogP contribution in [-0.4, -0.2) is 61.5 Å². The van der Waals surface area contributed by atoms with E-state index in [1.807, 2.05) is 18.7 Å². The summed E-state index contributed by atoms with van der Waals surface area (Å²) in [4.78, 5) is 12.9. The van der Waals surface area contributed by atoms with Crippen LogP contribution in [0.2, 0.25) is 0 Å². The molecule has 0 spiro atoms. The number of carboxylic acids is 1. The molecule has 5 nitrogen and oxygen atoms in total. The van der Waals surface area contributed by atoms with Crippen LogP contribution in [0.25, 0.3) is 0 Å². The number of rotatable bonds is 10. The fraction of sp³-hybridized carbons (Fsp3) is 0.909. The van der Waals surface area contributed by atoms with Gasteiger partial charge in [0.05, 0.1) is 6.61 Å². The van der Waals surface area contributed by atoms with Crippen molar-refractivity contribution in [3.8, 4) is 0 Å². The third kappa shape index (κ3) is 6.76. The third-order valence-corrected chi connectivity index (χ3v) is 2.27. The second-order valence-electron chi connectivity index (χ2n) is 3.37. The fourth-order valence-electron chi connectivity index (χ4n) is 1.35. The Labute approximate surface area is 97.3 Å². The summed E-state index contributed by atoms with van der Waals surface area (Å²) >= 11 is 0. The van der Waals surface area contributed by atoms with Crippen molar-refractivity contribution in [2.24, 2.45) is 0 Å². The molecule has 0 heterocycles. The molecular weight excluding hydrogens is 210 g/mol. The molecule has 0 saturated carbocycles. The lowest BCUT2D eigenvalue weighted by molar-refractivity contribution is -0.151. The molecule has 1 atom stereocenters. The highest BCUT2D eigenvalue weighted by atomic mass is 16.5. The molecule has 0 aromatic heterocycles. The summed E-state index contributed by atoms with van der Waals surface area (Å²) in [6.45, 7) is 9.41. The monoisotopic (exact) mass is 233 g/mol. The lowest BCUT2D eigenvalue weighted by atomic mass is 10.3. The molecule has 1 N–H and O–H groups in total. The number of hydrogen-bond donors (Lipinski definition) is 1. The second kappa shape index (κ2) is 9.57. The quantitative estimate of drug-likeness (QED) is 0.566. The predicted octanol–water partition coefficient (Wildman–Crippen LogP) is 0.835. The predicted molar refractivity (Wildman–Crippen MR) is 61.7 cm³/mol. The van der Waals surface area contributed by atoms with Crippen molar-refractivity contribution in [1.82, 2.24) is 4.90 Å². The molecule has 1 unspecified atom stereocenters. The average molecular weight is 233 g/mol. The molecule has 0 amide bonds. The molecule has 0 fully saturated rings. The number of hydrogen-bond acceptors (Lipinski definition) is 4. The lowest BCUT2D eigenvalue weighted by Crippen LogP contribution is -2.40. The number of likely N-dealkylation sites (N-methyl/N-ethyl adjacent to an activating group) is 1. The fourth-order valence-corrected chi connectivity index (χ4v) is 1.35. The van der Waals surface area contributed by atoms with E-state index in [2.05, 4.69) is 0 Å². The van der Waals surface area contributed by atoms with Crippen molar-refractivity contribution < 1.29 is 19.4 Å². The molecule has 0 radical (unpaired) electrons. The van der Waals surface area contributed by atoms with Gasteiger partial charge in [0.25, 0.3) is 0 Å². The van der Waals surface area contributed by atoms with E-state index in [0.29, 0.717) is 26.4 Å². The van der Waals surface area contributed by atoms with Crippen LogP contribution in [-0.2, 0) is 14.3 Å². The van der Waals surface area contributed by atoms with Gasteiger partial charge in [0.1, 0.15) is 0 Å². The van der Waals surface area contributed by atoms with Gasteiger partial charge in [-0.25, -0.2) is 4.79 Å². The molecule has 0 rings (SSSR count). The van der Waals surface area contributed by atoms with Gasteiger partial charge in [-0.3, -0.25) is 4.90 Å². The minimum Gasteiger partial charge on any atom is -0.479 e. The zero-order valence-corrected chi connectivity index (χ0v) is 10.4. The first kappa shape index (κ1) is 15.3. The molecule has 0 aromatic carbocycles. The van der Waals surface area contributed by atoms with Gasteiger partial charge in [-0.15, -0.1) is 0 Å². The topological polar surface area (TPSA) is 59.0 Å². The zero-order chi connectivity index (χ0) is 12.4. The van der Waals surface area contributed by atoms with Crippen molar-refractivity contribution in [2.45, 2.75) is 26.9 Å². The Morgan fingerprint density at radius 1 is 1.31 bits per heavy atom. The van der Waals surface area contributed by atoms with E-state index >= 15 is 0 Å². The van der Waals surface area contributed by atoms with Crippen molar-refractivity contribution in [2.75, 3.05) is 39.5 Å². The van der Waals surface area contributed by atoms with Gasteiger partial charge in [0, 0.05) is 26.3 Å². The van der Waals surface area contributed by atoms with Crippen LogP contribution in [0.1, 0.15) is 20.8 Å². The van der Waals surface area contributed by atoms with Crippen molar-refractivity contribution >= 4 is 5.97 Å². The Morgan fingerprint density at radius 2 is 2.00 bits per heavy atom. The van der Waals surface area contributed by atoms with Gasteiger partial charge in [0.15, 0.2) is 6.10 Å². The van der Waals surface area contributed by atoms with E-state index in [9.17, 15) is 4.79 Å². The Bertz CT molecular complexity index is 187. The number of nitrogens with zero attached hydrogens (tertiary/aromatic N) is 1. The molecule has 0 bridgehead atoms. The van der Waals surface area contributed by atoms with Crippen molar-refractivity contribution in [1.29, 1.82) is 0 Å². The summed E-state index contributed by atoms with van der Waals surface area (Å²) in [5, 5.41) is 8.94. The summed E-state index contributed by atoms with van der Waals surface area (Å²) < 4.78 is 10.4. The summed E-state index contributed by atoms with van der Waals surface area (Å²) in [6.07, 6.45) is -0.744. The molecule has 0 aliphatic rings. The van der Waals surface area contributed by atoms with Gasteiger partial charge in [-0.2, -0.15) is 0 Å². The summed E-state index contributed by atoms with van der Waals surface area (Å²) in [7, 11) is 0. The molecule has 0 aromatic rings. The summed E-state index contributed by atoms with van der Waals surface area (Å²) in [5.41, 5.74) is 0. The van der Waals surface area contributed by atoms with Crippen LogP contribution in [0.3, 0.4) is 0 Å². The van der Waals surface area contributed by atoms with E-state index in [1.165, 1.54) is 0 Å². The molecule has 16 heavy (non-hydrogen) atoms. The molecule has 0 saturated heterocycles. The Kier molecular flexibility index (Phi) is 9.18. The maximum Gasteiger partial charge on any atom is 0.334 e. The minimum atomic E-state index is -0.906. The highest BCUT2D eigenvalue weighted by molar-refractivity contribution is 5.72. The average Bonchev–Trinajstić information content (AvgIpc) is 2.26. The highest BCUT2D eigenvalue weighted by Crippen LogP contribution is 1.98. The Hall–Kier alpha value is -0.650. The van der Waals surface area contributed by atoms with Gasteiger partial charge >= 0.3 is 5.97 Å². The largest absolute Gasteiger partial charge is 0.479 e. The van der Waals surface area contributed by atoms with Crippen LogP contribution < -0.4 is 0 Å². The third-order valence-electron chi connectivity index (χ3n) is 2.27. The first-order valence-corrected chi connectivity index (χ1v) is 5.80. The molecule has 96 valence electrons.